The minimum atomic E-state index is 0.297. The lowest BCUT2D eigenvalue weighted by Crippen LogP contribution is -2.36. The Morgan fingerprint density at radius 1 is 1.29 bits per heavy atom. The number of benzene rings is 1. The van der Waals surface area contributed by atoms with Crippen molar-refractivity contribution in [2.24, 2.45) is 5.92 Å². The second kappa shape index (κ2) is 8.25. The van der Waals surface area contributed by atoms with E-state index in [1.165, 1.54) is 38.9 Å². The van der Waals surface area contributed by atoms with E-state index >= 15 is 0 Å². The number of aromatic hydroxyl groups is 1. The van der Waals surface area contributed by atoms with Crippen LogP contribution in [-0.4, -0.2) is 43.3 Å². The van der Waals surface area contributed by atoms with Crippen LogP contribution in [0.15, 0.2) is 18.2 Å². The van der Waals surface area contributed by atoms with Gasteiger partial charge in [0.2, 0.25) is 0 Å². The molecule has 1 unspecified atom stereocenters. The Bertz CT molecular complexity index is 431. The molecule has 4 nitrogen and oxygen atoms in total. The molecule has 118 valence electrons. The normalized spacial score (nSPS) is 17.6. The van der Waals surface area contributed by atoms with Crippen LogP contribution in [0.2, 0.25) is 0 Å². The number of phenols is 1. The number of piperidine rings is 1. The highest BCUT2D eigenvalue weighted by atomic mass is 16.5. The summed E-state index contributed by atoms with van der Waals surface area (Å²) in [5.41, 5.74) is 0.918. The van der Waals surface area contributed by atoms with Gasteiger partial charge < -0.3 is 20.1 Å². The van der Waals surface area contributed by atoms with Gasteiger partial charge in [-0.15, -0.1) is 0 Å². The Kier molecular flexibility index (Phi) is 6.33. The Balaban J connectivity index is 1.70. The quantitative estimate of drug-likeness (QED) is 0.811. The van der Waals surface area contributed by atoms with Crippen molar-refractivity contribution in [3.05, 3.63) is 23.8 Å². The van der Waals surface area contributed by atoms with Crippen LogP contribution in [0.5, 0.6) is 11.5 Å². The summed E-state index contributed by atoms with van der Waals surface area (Å²) in [4.78, 5) is 2.57. The first-order valence-corrected chi connectivity index (χ1v) is 7.98. The zero-order chi connectivity index (χ0) is 15.1. The smallest absolute Gasteiger partial charge is 0.123 e. The zero-order valence-electron chi connectivity index (χ0n) is 13.3. The van der Waals surface area contributed by atoms with Crippen LogP contribution in [0.4, 0.5) is 0 Å². The average Bonchev–Trinajstić information content (AvgIpc) is 2.50. The van der Waals surface area contributed by atoms with E-state index in [-0.39, 0.29) is 0 Å². The van der Waals surface area contributed by atoms with Crippen molar-refractivity contribution in [2.75, 3.05) is 33.3 Å². The van der Waals surface area contributed by atoms with Gasteiger partial charge in [0, 0.05) is 24.7 Å². The van der Waals surface area contributed by atoms with Crippen LogP contribution in [0.1, 0.15) is 31.7 Å². The molecule has 0 bridgehead atoms. The number of nitrogens with zero attached hydrogens (tertiary/aromatic N) is 1. The van der Waals surface area contributed by atoms with Crippen LogP contribution in [-0.2, 0) is 6.54 Å². The molecule has 0 amide bonds. The summed E-state index contributed by atoms with van der Waals surface area (Å²) in [5, 5.41) is 13.4. The number of phenolic OH excluding ortho intramolecular Hbond substituents is 1. The lowest BCUT2D eigenvalue weighted by atomic mass is 10.1. The van der Waals surface area contributed by atoms with Gasteiger partial charge in [0.05, 0.1) is 7.11 Å². The molecular formula is C17H28N2O2. The molecule has 0 radical (unpaired) electrons. The summed E-state index contributed by atoms with van der Waals surface area (Å²) < 4.78 is 5.09. The monoisotopic (exact) mass is 292 g/mol. The van der Waals surface area contributed by atoms with Gasteiger partial charge in [0.25, 0.3) is 0 Å². The van der Waals surface area contributed by atoms with Gasteiger partial charge in [-0.2, -0.15) is 0 Å². The van der Waals surface area contributed by atoms with Gasteiger partial charge in [-0.1, -0.05) is 19.4 Å². The number of nitrogens with one attached hydrogen (secondary N) is 1. The molecule has 1 fully saturated rings. The molecular weight excluding hydrogens is 264 g/mol. The van der Waals surface area contributed by atoms with Crippen LogP contribution in [0, 0.1) is 5.92 Å². The Morgan fingerprint density at radius 2 is 2.05 bits per heavy atom. The number of hydrogen-bond donors (Lipinski definition) is 2. The van der Waals surface area contributed by atoms with Crippen molar-refractivity contribution in [1.29, 1.82) is 0 Å². The van der Waals surface area contributed by atoms with Crippen LogP contribution in [0.25, 0.3) is 0 Å². The van der Waals surface area contributed by atoms with Crippen molar-refractivity contribution in [2.45, 2.75) is 32.7 Å². The van der Waals surface area contributed by atoms with Crippen molar-refractivity contribution in [3.63, 3.8) is 0 Å². The number of methoxy groups -OCH3 is 1. The van der Waals surface area contributed by atoms with E-state index in [1.54, 1.807) is 13.2 Å². The van der Waals surface area contributed by atoms with E-state index in [2.05, 4.69) is 17.1 Å². The molecule has 1 heterocycles. The highest BCUT2D eigenvalue weighted by Gasteiger charge is 2.13. The summed E-state index contributed by atoms with van der Waals surface area (Å²) in [6, 6.07) is 5.46. The van der Waals surface area contributed by atoms with Gasteiger partial charge in [-0.25, -0.2) is 0 Å². The summed E-state index contributed by atoms with van der Waals surface area (Å²) in [7, 11) is 1.61. The molecule has 2 N–H and O–H groups in total. The van der Waals surface area contributed by atoms with E-state index in [0.717, 1.165) is 12.1 Å². The first-order chi connectivity index (χ1) is 10.2. The van der Waals surface area contributed by atoms with E-state index in [4.69, 9.17) is 4.74 Å². The molecule has 2 rings (SSSR count). The number of hydrogen-bond acceptors (Lipinski definition) is 4. The van der Waals surface area contributed by atoms with E-state index in [1.807, 2.05) is 12.1 Å². The zero-order valence-corrected chi connectivity index (χ0v) is 13.3. The predicted molar refractivity (Wildman–Crippen MR) is 85.8 cm³/mol. The first kappa shape index (κ1) is 16.1. The lowest BCUT2D eigenvalue weighted by molar-refractivity contribution is 0.199. The Morgan fingerprint density at radius 3 is 2.71 bits per heavy atom. The Hall–Kier alpha value is -1.26. The maximum Gasteiger partial charge on any atom is 0.123 e. The van der Waals surface area contributed by atoms with Crippen LogP contribution in [0.3, 0.4) is 0 Å². The second-order valence-electron chi connectivity index (χ2n) is 6.09. The number of likely N-dealkylation sites (tertiary alicyclic amines) is 1. The largest absolute Gasteiger partial charge is 0.507 e. The van der Waals surface area contributed by atoms with Gasteiger partial charge >= 0.3 is 0 Å². The molecule has 21 heavy (non-hydrogen) atoms. The van der Waals surface area contributed by atoms with Gasteiger partial charge in [0.1, 0.15) is 11.5 Å². The van der Waals surface area contributed by atoms with Gasteiger partial charge in [0.15, 0.2) is 0 Å². The summed E-state index contributed by atoms with van der Waals surface area (Å²) in [6.45, 7) is 7.63. The lowest BCUT2D eigenvalue weighted by Gasteiger charge is -2.29. The van der Waals surface area contributed by atoms with E-state index in [9.17, 15) is 5.11 Å². The minimum Gasteiger partial charge on any atom is -0.507 e. The van der Waals surface area contributed by atoms with Crippen molar-refractivity contribution < 1.29 is 9.84 Å². The molecule has 1 atom stereocenters. The maximum atomic E-state index is 9.92. The molecule has 0 saturated carbocycles. The third-order valence-corrected chi connectivity index (χ3v) is 4.12. The molecule has 1 aliphatic heterocycles. The fourth-order valence-electron chi connectivity index (χ4n) is 2.92. The number of rotatable bonds is 7. The van der Waals surface area contributed by atoms with Gasteiger partial charge in [-0.05, 0) is 44.5 Å². The van der Waals surface area contributed by atoms with E-state index < -0.39 is 0 Å². The van der Waals surface area contributed by atoms with Gasteiger partial charge in [-0.3, -0.25) is 0 Å². The summed E-state index contributed by atoms with van der Waals surface area (Å²) in [5.74, 6) is 1.61. The third-order valence-electron chi connectivity index (χ3n) is 4.12. The fourth-order valence-corrected chi connectivity index (χ4v) is 2.92. The van der Waals surface area contributed by atoms with Crippen LogP contribution < -0.4 is 10.1 Å². The van der Waals surface area contributed by atoms with Crippen molar-refractivity contribution in [3.8, 4) is 11.5 Å². The predicted octanol–water partition coefficient (Wildman–Crippen LogP) is 2.61. The minimum absolute atomic E-state index is 0.297. The maximum absolute atomic E-state index is 9.92. The standard InChI is InChI=1S/C17H28N2O2/c1-14(13-19-8-4-3-5-9-19)11-18-12-15-6-7-16(21-2)10-17(15)20/h6-7,10,14,18,20H,3-5,8-9,11-13H2,1-2H3. The molecule has 4 heteroatoms. The van der Waals surface area contributed by atoms with E-state index in [0.29, 0.717) is 24.0 Å². The topological polar surface area (TPSA) is 44.7 Å². The van der Waals surface area contributed by atoms with Crippen LogP contribution >= 0.6 is 0 Å². The third kappa shape index (κ3) is 5.21. The molecule has 1 aliphatic rings. The van der Waals surface area contributed by atoms with Crippen molar-refractivity contribution in [1.82, 2.24) is 10.2 Å². The molecule has 0 aromatic heterocycles. The highest BCUT2D eigenvalue weighted by molar-refractivity contribution is 5.39. The SMILES string of the molecule is COc1ccc(CNCC(C)CN2CCCCC2)c(O)c1. The molecule has 1 saturated heterocycles. The fraction of sp³-hybridized carbons (Fsp3) is 0.647. The molecule has 0 spiro atoms. The molecule has 1 aromatic rings. The summed E-state index contributed by atoms with van der Waals surface area (Å²) in [6.07, 6.45) is 4.08. The average molecular weight is 292 g/mol. The summed E-state index contributed by atoms with van der Waals surface area (Å²) >= 11 is 0. The first-order valence-electron chi connectivity index (χ1n) is 7.98. The molecule has 0 aliphatic carbocycles. The Labute approximate surface area is 128 Å². The highest BCUT2D eigenvalue weighted by Crippen LogP contribution is 2.23. The molecule has 1 aromatic carbocycles. The van der Waals surface area contributed by atoms with Crippen molar-refractivity contribution >= 4 is 0 Å². The second-order valence-corrected chi connectivity index (χ2v) is 6.09. The number of ether oxygens (including phenoxy) is 1.